The van der Waals surface area contributed by atoms with Crippen LogP contribution in [0.25, 0.3) is 0 Å². The summed E-state index contributed by atoms with van der Waals surface area (Å²) in [6.07, 6.45) is 3.61. The molecule has 1 aromatic carbocycles. The first-order valence-corrected chi connectivity index (χ1v) is 8.46. The average Bonchev–Trinajstić information content (AvgIpc) is 2.85. The van der Waals surface area contributed by atoms with Crippen LogP contribution in [0.4, 0.5) is 4.79 Å². The first kappa shape index (κ1) is 15.3. The molecule has 0 saturated carbocycles. The predicted molar refractivity (Wildman–Crippen MR) is 88.9 cm³/mol. The van der Waals surface area contributed by atoms with E-state index in [0.717, 1.165) is 26.1 Å². The third-order valence-electron chi connectivity index (χ3n) is 5.03. The van der Waals surface area contributed by atoms with E-state index >= 15 is 0 Å². The summed E-state index contributed by atoms with van der Waals surface area (Å²) in [4.78, 5) is 17.1. The van der Waals surface area contributed by atoms with Crippen LogP contribution in [0.5, 0.6) is 0 Å². The summed E-state index contributed by atoms with van der Waals surface area (Å²) < 4.78 is 0. The van der Waals surface area contributed by atoms with Crippen LogP contribution in [0, 0.1) is 13.8 Å². The van der Waals surface area contributed by atoms with Crippen molar-refractivity contribution in [1.82, 2.24) is 15.1 Å². The summed E-state index contributed by atoms with van der Waals surface area (Å²) in [6, 6.07) is 7.07. The van der Waals surface area contributed by atoms with E-state index in [4.69, 9.17) is 0 Å². The molecule has 0 radical (unpaired) electrons. The van der Waals surface area contributed by atoms with Gasteiger partial charge in [-0.1, -0.05) is 23.8 Å². The first-order valence-electron chi connectivity index (χ1n) is 8.46. The lowest BCUT2D eigenvalue weighted by atomic mass is 10.1. The first-order chi connectivity index (χ1) is 10.6. The number of aryl methyl sites for hydroxylation is 2. The van der Waals surface area contributed by atoms with Crippen molar-refractivity contribution in [3.63, 3.8) is 0 Å². The van der Waals surface area contributed by atoms with Gasteiger partial charge in [0.05, 0.1) is 0 Å². The molecule has 0 aliphatic carbocycles. The number of benzene rings is 1. The van der Waals surface area contributed by atoms with Gasteiger partial charge in [-0.05, 0) is 50.8 Å². The van der Waals surface area contributed by atoms with E-state index in [1.807, 2.05) is 4.90 Å². The molecule has 2 heterocycles. The quantitative estimate of drug-likeness (QED) is 0.911. The summed E-state index contributed by atoms with van der Waals surface area (Å²) in [5, 5.41) is 3.11. The lowest BCUT2D eigenvalue weighted by Crippen LogP contribution is -2.44. The molecule has 120 valence electrons. The molecular weight excluding hydrogens is 274 g/mol. The number of hydrogen-bond acceptors (Lipinski definition) is 2. The van der Waals surface area contributed by atoms with Crippen molar-refractivity contribution in [2.75, 3.05) is 26.2 Å². The van der Waals surface area contributed by atoms with Gasteiger partial charge in [-0.15, -0.1) is 0 Å². The molecule has 0 aromatic heterocycles. The average molecular weight is 301 g/mol. The minimum absolute atomic E-state index is 0.0923. The molecule has 4 nitrogen and oxygen atoms in total. The topological polar surface area (TPSA) is 35.6 Å². The van der Waals surface area contributed by atoms with Crippen molar-refractivity contribution >= 4 is 6.03 Å². The largest absolute Gasteiger partial charge is 0.334 e. The molecule has 1 N–H and O–H groups in total. The fraction of sp³-hybridized carbons (Fsp3) is 0.611. The van der Waals surface area contributed by atoms with E-state index in [1.165, 1.54) is 36.1 Å². The van der Waals surface area contributed by atoms with Crippen LogP contribution in [0.2, 0.25) is 0 Å². The van der Waals surface area contributed by atoms with Gasteiger partial charge in [0.2, 0.25) is 0 Å². The van der Waals surface area contributed by atoms with Gasteiger partial charge in [-0.25, -0.2) is 4.79 Å². The summed E-state index contributed by atoms with van der Waals surface area (Å²) in [6.45, 7) is 8.94. The maximum absolute atomic E-state index is 12.5. The van der Waals surface area contributed by atoms with Gasteiger partial charge in [0.15, 0.2) is 0 Å². The highest BCUT2D eigenvalue weighted by Gasteiger charge is 2.30. The zero-order chi connectivity index (χ0) is 15.5. The van der Waals surface area contributed by atoms with E-state index < -0.39 is 0 Å². The highest BCUT2D eigenvalue weighted by atomic mass is 16.2. The Morgan fingerprint density at radius 1 is 1.23 bits per heavy atom. The monoisotopic (exact) mass is 301 g/mol. The second-order valence-electron chi connectivity index (χ2n) is 6.72. The molecule has 0 bridgehead atoms. The molecule has 0 spiro atoms. The van der Waals surface area contributed by atoms with Crippen LogP contribution in [0.15, 0.2) is 18.2 Å². The highest BCUT2D eigenvalue weighted by molar-refractivity contribution is 5.74. The van der Waals surface area contributed by atoms with Gasteiger partial charge in [-0.3, -0.25) is 4.90 Å². The molecule has 2 fully saturated rings. The van der Waals surface area contributed by atoms with Crippen LogP contribution in [-0.4, -0.2) is 48.1 Å². The summed E-state index contributed by atoms with van der Waals surface area (Å²) >= 11 is 0. The van der Waals surface area contributed by atoms with E-state index in [9.17, 15) is 4.79 Å². The van der Waals surface area contributed by atoms with Crippen LogP contribution in [0.3, 0.4) is 0 Å². The number of fused-ring (bicyclic) bond motifs is 1. The molecule has 1 atom stereocenters. The van der Waals surface area contributed by atoms with Gasteiger partial charge in [-0.2, -0.15) is 0 Å². The van der Waals surface area contributed by atoms with Crippen LogP contribution in [0.1, 0.15) is 36.0 Å². The van der Waals surface area contributed by atoms with Gasteiger partial charge in [0, 0.05) is 32.2 Å². The molecule has 1 aromatic rings. The minimum Gasteiger partial charge on any atom is -0.334 e. The van der Waals surface area contributed by atoms with E-state index in [1.54, 1.807) is 0 Å². The molecule has 3 rings (SSSR count). The van der Waals surface area contributed by atoms with Crippen LogP contribution < -0.4 is 5.32 Å². The van der Waals surface area contributed by atoms with Gasteiger partial charge < -0.3 is 10.2 Å². The Morgan fingerprint density at radius 2 is 2.05 bits per heavy atom. The van der Waals surface area contributed by atoms with Gasteiger partial charge in [0.1, 0.15) is 0 Å². The Balaban J connectivity index is 1.58. The zero-order valence-corrected chi connectivity index (χ0v) is 13.8. The summed E-state index contributed by atoms with van der Waals surface area (Å²) in [5.74, 6) is 0. The predicted octanol–water partition coefficient (Wildman–Crippen LogP) is 2.68. The molecule has 2 aliphatic heterocycles. The number of nitrogens with one attached hydrogen (secondary N) is 1. The molecule has 2 aliphatic rings. The molecule has 4 heteroatoms. The number of urea groups is 1. The molecule has 0 unspecified atom stereocenters. The van der Waals surface area contributed by atoms with Crippen molar-refractivity contribution in [1.29, 1.82) is 0 Å². The SMILES string of the molecule is Cc1ccc(C)c(CNC(=O)N2CCCN3CCC[C@H]3C2)c1. The Kier molecular flexibility index (Phi) is 4.67. The summed E-state index contributed by atoms with van der Waals surface area (Å²) in [7, 11) is 0. The van der Waals surface area contributed by atoms with Crippen molar-refractivity contribution < 1.29 is 4.79 Å². The lowest BCUT2D eigenvalue weighted by molar-refractivity contribution is 0.188. The number of hydrogen-bond donors (Lipinski definition) is 1. The second kappa shape index (κ2) is 6.69. The molecule has 2 amide bonds. The van der Waals surface area contributed by atoms with Crippen molar-refractivity contribution in [3.05, 3.63) is 34.9 Å². The highest BCUT2D eigenvalue weighted by Crippen LogP contribution is 2.21. The standard InChI is InChI=1S/C18H27N3O/c1-14-6-7-15(2)16(11-14)12-19-18(22)21-10-4-9-20-8-3-5-17(20)13-21/h6-7,11,17H,3-5,8-10,12-13H2,1-2H3,(H,19,22)/t17-/m0/s1. The lowest BCUT2D eigenvalue weighted by Gasteiger charge is -2.26. The smallest absolute Gasteiger partial charge is 0.317 e. The van der Waals surface area contributed by atoms with Gasteiger partial charge >= 0.3 is 6.03 Å². The maximum atomic E-state index is 12.5. The number of amides is 2. The number of nitrogens with zero attached hydrogens (tertiary/aromatic N) is 2. The Bertz CT molecular complexity index is 543. The molecule has 2 saturated heterocycles. The number of rotatable bonds is 2. The fourth-order valence-electron chi connectivity index (χ4n) is 3.66. The summed E-state index contributed by atoms with van der Waals surface area (Å²) in [5.41, 5.74) is 3.70. The Hall–Kier alpha value is -1.55. The third-order valence-corrected chi connectivity index (χ3v) is 5.03. The van der Waals surface area contributed by atoms with Crippen molar-refractivity contribution in [2.24, 2.45) is 0 Å². The third kappa shape index (κ3) is 3.43. The van der Waals surface area contributed by atoms with E-state index in [2.05, 4.69) is 42.3 Å². The van der Waals surface area contributed by atoms with Crippen molar-refractivity contribution in [2.45, 2.75) is 45.7 Å². The fourth-order valence-corrected chi connectivity index (χ4v) is 3.66. The normalized spacial score (nSPS) is 22.3. The van der Waals surface area contributed by atoms with E-state index in [0.29, 0.717) is 12.6 Å². The molecule has 22 heavy (non-hydrogen) atoms. The van der Waals surface area contributed by atoms with Gasteiger partial charge in [0.25, 0.3) is 0 Å². The Labute approximate surface area is 133 Å². The Morgan fingerprint density at radius 3 is 2.91 bits per heavy atom. The maximum Gasteiger partial charge on any atom is 0.317 e. The second-order valence-corrected chi connectivity index (χ2v) is 6.72. The number of carbonyl (C=O) groups is 1. The zero-order valence-electron chi connectivity index (χ0n) is 13.8. The van der Waals surface area contributed by atoms with E-state index in [-0.39, 0.29) is 6.03 Å². The minimum atomic E-state index is 0.0923. The van der Waals surface area contributed by atoms with Crippen LogP contribution in [-0.2, 0) is 6.54 Å². The molecular formula is C18H27N3O. The van der Waals surface area contributed by atoms with Crippen molar-refractivity contribution in [3.8, 4) is 0 Å². The number of carbonyl (C=O) groups excluding carboxylic acids is 1. The van der Waals surface area contributed by atoms with Crippen LogP contribution >= 0.6 is 0 Å².